The molecule has 1 aromatic rings. The Labute approximate surface area is 104 Å². The Kier molecular flexibility index (Phi) is 4.69. The predicted molar refractivity (Wildman–Crippen MR) is 71.7 cm³/mol. The van der Waals surface area contributed by atoms with Gasteiger partial charge in [0.05, 0.1) is 18.2 Å². The highest BCUT2D eigenvalue weighted by molar-refractivity contribution is 5.35. The standard InChI is InChI=1S/C14H24N2O/c1-10-7-6-8-12(11(10)2)13(16-15)9-17-14(3,4)5/h6-8,13,16H,9,15H2,1-5H3. The van der Waals surface area contributed by atoms with Crippen LogP contribution in [-0.2, 0) is 4.74 Å². The number of rotatable bonds is 4. The Morgan fingerprint density at radius 3 is 2.47 bits per heavy atom. The van der Waals surface area contributed by atoms with Gasteiger partial charge in [0.25, 0.3) is 0 Å². The molecular weight excluding hydrogens is 212 g/mol. The van der Waals surface area contributed by atoms with E-state index in [1.807, 2.05) is 20.8 Å². The molecule has 0 saturated carbocycles. The summed E-state index contributed by atoms with van der Waals surface area (Å²) in [6.45, 7) is 10.9. The molecule has 1 aromatic carbocycles. The molecule has 0 heterocycles. The average Bonchev–Trinajstić information content (AvgIpc) is 2.23. The second-order valence-corrected chi connectivity index (χ2v) is 5.43. The zero-order valence-electron chi connectivity index (χ0n) is 11.5. The molecular formula is C14H24N2O. The van der Waals surface area contributed by atoms with E-state index < -0.39 is 0 Å². The smallest absolute Gasteiger partial charge is 0.0696 e. The van der Waals surface area contributed by atoms with Crippen LogP contribution < -0.4 is 11.3 Å². The Morgan fingerprint density at radius 2 is 1.94 bits per heavy atom. The van der Waals surface area contributed by atoms with Crippen molar-refractivity contribution in [3.8, 4) is 0 Å². The van der Waals surface area contributed by atoms with Crippen molar-refractivity contribution in [3.05, 3.63) is 34.9 Å². The summed E-state index contributed by atoms with van der Waals surface area (Å²) in [5, 5.41) is 0. The third-order valence-electron chi connectivity index (χ3n) is 2.91. The molecule has 0 radical (unpaired) electrons. The number of hydrazine groups is 1. The maximum absolute atomic E-state index is 5.79. The lowest BCUT2D eigenvalue weighted by Gasteiger charge is -2.25. The lowest BCUT2D eigenvalue weighted by molar-refractivity contribution is -0.0148. The van der Waals surface area contributed by atoms with Crippen molar-refractivity contribution in [2.24, 2.45) is 5.84 Å². The second kappa shape index (κ2) is 5.63. The van der Waals surface area contributed by atoms with Crippen LogP contribution >= 0.6 is 0 Å². The van der Waals surface area contributed by atoms with Gasteiger partial charge in [0, 0.05) is 0 Å². The van der Waals surface area contributed by atoms with Gasteiger partial charge in [0.15, 0.2) is 0 Å². The number of hydrogen-bond donors (Lipinski definition) is 2. The van der Waals surface area contributed by atoms with E-state index in [4.69, 9.17) is 10.6 Å². The summed E-state index contributed by atoms with van der Waals surface area (Å²) >= 11 is 0. The third-order valence-corrected chi connectivity index (χ3v) is 2.91. The van der Waals surface area contributed by atoms with Crippen molar-refractivity contribution >= 4 is 0 Å². The fourth-order valence-electron chi connectivity index (χ4n) is 1.71. The van der Waals surface area contributed by atoms with E-state index in [0.717, 1.165) is 0 Å². The van der Waals surface area contributed by atoms with Gasteiger partial charge in [0.2, 0.25) is 0 Å². The van der Waals surface area contributed by atoms with Crippen LogP contribution in [0.1, 0.15) is 43.5 Å². The summed E-state index contributed by atoms with van der Waals surface area (Å²) < 4.78 is 5.79. The molecule has 17 heavy (non-hydrogen) atoms. The molecule has 1 atom stereocenters. The predicted octanol–water partition coefficient (Wildman–Crippen LogP) is 2.62. The number of nitrogens with two attached hydrogens (primary N) is 1. The number of hydrogen-bond acceptors (Lipinski definition) is 3. The van der Waals surface area contributed by atoms with Gasteiger partial charge in [0.1, 0.15) is 0 Å². The largest absolute Gasteiger partial charge is 0.374 e. The Hall–Kier alpha value is -0.900. The molecule has 0 aliphatic carbocycles. The summed E-state index contributed by atoms with van der Waals surface area (Å²) in [6, 6.07) is 6.30. The van der Waals surface area contributed by atoms with Gasteiger partial charge in [-0.25, -0.2) is 0 Å². The average molecular weight is 236 g/mol. The van der Waals surface area contributed by atoms with E-state index in [2.05, 4.69) is 37.5 Å². The zero-order chi connectivity index (χ0) is 13.1. The minimum absolute atomic E-state index is 0.0362. The van der Waals surface area contributed by atoms with Gasteiger partial charge in [-0.05, 0) is 51.3 Å². The van der Waals surface area contributed by atoms with Gasteiger partial charge in [-0.2, -0.15) is 0 Å². The zero-order valence-corrected chi connectivity index (χ0v) is 11.5. The normalized spacial score (nSPS) is 13.8. The molecule has 96 valence electrons. The fourth-order valence-corrected chi connectivity index (χ4v) is 1.71. The number of ether oxygens (including phenoxy) is 1. The van der Waals surface area contributed by atoms with Crippen molar-refractivity contribution in [2.45, 2.75) is 46.3 Å². The van der Waals surface area contributed by atoms with Gasteiger partial charge in [-0.3, -0.25) is 11.3 Å². The molecule has 3 heteroatoms. The fraction of sp³-hybridized carbons (Fsp3) is 0.571. The van der Waals surface area contributed by atoms with E-state index in [9.17, 15) is 0 Å². The van der Waals surface area contributed by atoms with Crippen LogP contribution in [0.5, 0.6) is 0 Å². The van der Waals surface area contributed by atoms with Crippen molar-refractivity contribution in [2.75, 3.05) is 6.61 Å². The first-order chi connectivity index (χ1) is 7.85. The van der Waals surface area contributed by atoms with Crippen LogP contribution in [0.2, 0.25) is 0 Å². The maximum atomic E-state index is 5.79. The topological polar surface area (TPSA) is 47.3 Å². The van der Waals surface area contributed by atoms with E-state index in [-0.39, 0.29) is 11.6 Å². The van der Waals surface area contributed by atoms with E-state index in [0.29, 0.717) is 6.61 Å². The van der Waals surface area contributed by atoms with Crippen LogP contribution in [0.4, 0.5) is 0 Å². The highest BCUT2D eigenvalue weighted by Gasteiger charge is 2.17. The third kappa shape index (κ3) is 4.11. The first-order valence-corrected chi connectivity index (χ1v) is 6.01. The van der Waals surface area contributed by atoms with E-state index in [1.165, 1.54) is 16.7 Å². The molecule has 3 N–H and O–H groups in total. The molecule has 1 rings (SSSR count). The Bertz CT molecular complexity index is 369. The first-order valence-electron chi connectivity index (χ1n) is 6.01. The molecule has 3 nitrogen and oxygen atoms in total. The summed E-state index contributed by atoms with van der Waals surface area (Å²) in [7, 11) is 0. The molecule has 0 aliphatic heterocycles. The van der Waals surface area contributed by atoms with Crippen LogP contribution in [0.3, 0.4) is 0 Å². The molecule has 0 fully saturated rings. The summed E-state index contributed by atoms with van der Waals surface area (Å²) in [5.74, 6) is 5.62. The van der Waals surface area contributed by atoms with Gasteiger partial charge in [-0.1, -0.05) is 18.2 Å². The van der Waals surface area contributed by atoms with Crippen molar-refractivity contribution < 1.29 is 4.74 Å². The highest BCUT2D eigenvalue weighted by atomic mass is 16.5. The summed E-state index contributed by atoms with van der Waals surface area (Å²) in [6.07, 6.45) is 0. The molecule has 0 spiro atoms. The minimum atomic E-state index is -0.146. The van der Waals surface area contributed by atoms with Gasteiger partial charge < -0.3 is 4.74 Å². The lowest BCUT2D eigenvalue weighted by atomic mass is 9.98. The number of nitrogens with one attached hydrogen (secondary N) is 1. The van der Waals surface area contributed by atoms with Crippen molar-refractivity contribution in [1.29, 1.82) is 0 Å². The monoisotopic (exact) mass is 236 g/mol. The molecule has 0 saturated heterocycles. The number of aryl methyl sites for hydroxylation is 1. The Balaban J connectivity index is 2.83. The maximum Gasteiger partial charge on any atom is 0.0696 e. The first kappa shape index (κ1) is 14.2. The minimum Gasteiger partial charge on any atom is -0.374 e. The second-order valence-electron chi connectivity index (χ2n) is 5.43. The van der Waals surface area contributed by atoms with Crippen molar-refractivity contribution in [1.82, 2.24) is 5.43 Å². The van der Waals surface area contributed by atoms with E-state index >= 15 is 0 Å². The number of benzene rings is 1. The molecule has 0 aliphatic rings. The van der Waals surface area contributed by atoms with Crippen LogP contribution in [0.25, 0.3) is 0 Å². The highest BCUT2D eigenvalue weighted by Crippen LogP contribution is 2.21. The van der Waals surface area contributed by atoms with Crippen LogP contribution in [-0.4, -0.2) is 12.2 Å². The quantitative estimate of drug-likeness (QED) is 0.624. The van der Waals surface area contributed by atoms with Gasteiger partial charge >= 0.3 is 0 Å². The Morgan fingerprint density at radius 1 is 1.29 bits per heavy atom. The molecule has 0 aromatic heterocycles. The molecule has 1 unspecified atom stereocenters. The lowest BCUT2D eigenvalue weighted by Crippen LogP contribution is -2.34. The van der Waals surface area contributed by atoms with Crippen molar-refractivity contribution in [3.63, 3.8) is 0 Å². The van der Waals surface area contributed by atoms with Gasteiger partial charge in [-0.15, -0.1) is 0 Å². The summed E-state index contributed by atoms with van der Waals surface area (Å²) in [4.78, 5) is 0. The summed E-state index contributed by atoms with van der Waals surface area (Å²) in [5.41, 5.74) is 6.44. The molecule has 0 amide bonds. The van der Waals surface area contributed by atoms with Crippen LogP contribution in [0, 0.1) is 13.8 Å². The molecule has 0 bridgehead atoms. The SMILES string of the molecule is Cc1cccc(C(COC(C)(C)C)NN)c1C. The van der Waals surface area contributed by atoms with E-state index in [1.54, 1.807) is 0 Å². The van der Waals surface area contributed by atoms with Crippen LogP contribution in [0.15, 0.2) is 18.2 Å².